The summed E-state index contributed by atoms with van der Waals surface area (Å²) in [6, 6.07) is 7.34. The van der Waals surface area contributed by atoms with Gasteiger partial charge in [0.1, 0.15) is 11.5 Å². The number of ether oxygens (including phenoxy) is 1. The molecule has 0 unspecified atom stereocenters. The number of methoxy groups -OCH3 is 1. The lowest BCUT2D eigenvalue weighted by Crippen LogP contribution is -2.11. The maximum absolute atomic E-state index is 12.1. The molecule has 0 bridgehead atoms. The van der Waals surface area contributed by atoms with Crippen LogP contribution in [0.15, 0.2) is 28.7 Å². The van der Waals surface area contributed by atoms with E-state index in [4.69, 9.17) is 9.15 Å². The molecular formula is C15H17NO3. The van der Waals surface area contributed by atoms with Gasteiger partial charge in [-0.25, -0.2) is 0 Å². The normalized spacial score (nSPS) is 10.3. The average Bonchev–Trinajstić information content (AvgIpc) is 2.70. The fraction of sp³-hybridized carbons (Fsp3) is 0.267. The van der Waals surface area contributed by atoms with Gasteiger partial charge in [0.2, 0.25) is 0 Å². The van der Waals surface area contributed by atoms with Crippen molar-refractivity contribution >= 4 is 11.6 Å². The van der Waals surface area contributed by atoms with Gasteiger partial charge in [-0.2, -0.15) is 0 Å². The lowest BCUT2D eigenvalue weighted by molar-refractivity contribution is 0.0995. The molecule has 100 valence electrons. The summed E-state index contributed by atoms with van der Waals surface area (Å²) >= 11 is 0. The largest absolute Gasteiger partial charge is 0.495 e. The molecule has 0 radical (unpaired) electrons. The van der Waals surface area contributed by atoms with E-state index in [1.54, 1.807) is 13.2 Å². The van der Waals surface area contributed by atoms with Crippen LogP contribution in [0.3, 0.4) is 0 Å². The summed E-state index contributed by atoms with van der Waals surface area (Å²) in [5.41, 5.74) is 2.64. The van der Waals surface area contributed by atoms with Crippen LogP contribution in [0.2, 0.25) is 0 Å². The van der Waals surface area contributed by atoms with Crippen LogP contribution in [0.25, 0.3) is 0 Å². The summed E-state index contributed by atoms with van der Waals surface area (Å²) in [4.78, 5) is 12.1. The highest BCUT2D eigenvalue weighted by Gasteiger charge is 2.14. The summed E-state index contributed by atoms with van der Waals surface area (Å²) < 4.78 is 10.6. The summed E-state index contributed by atoms with van der Waals surface area (Å²) in [6.07, 6.45) is 0. The molecule has 1 aromatic heterocycles. The maximum atomic E-state index is 12.1. The summed E-state index contributed by atoms with van der Waals surface area (Å²) in [5.74, 6) is 1.40. The molecule has 0 fully saturated rings. The van der Waals surface area contributed by atoms with E-state index in [9.17, 15) is 4.79 Å². The van der Waals surface area contributed by atoms with Gasteiger partial charge in [0, 0.05) is 0 Å². The Morgan fingerprint density at radius 2 is 1.95 bits per heavy atom. The number of nitrogens with one attached hydrogen (secondary N) is 1. The van der Waals surface area contributed by atoms with E-state index in [-0.39, 0.29) is 5.91 Å². The van der Waals surface area contributed by atoms with Crippen molar-refractivity contribution in [2.75, 3.05) is 12.4 Å². The quantitative estimate of drug-likeness (QED) is 0.918. The fourth-order valence-electron chi connectivity index (χ4n) is 1.79. The smallest absolute Gasteiger partial charge is 0.291 e. The van der Waals surface area contributed by atoms with Crippen LogP contribution < -0.4 is 10.1 Å². The van der Waals surface area contributed by atoms with Crippen LogP contribution in [0.1, 0.15) is 27.4 Å². The van der Waals surface area contributed by atoms with Crippen LogP contribution in [0.5, 0.6) is 5.75 Å². The number of benzene rings is 1. The van der Waals surface area contributed by atoms with E-state index in [2.05, 4.69) is 5.32 Å². The minimum atomic E-state index is -0.278. The number of rotatable bonds is 3. The van der Waals surface area contributed by atoms with E-state index in [1.807, 2.05) is 39.0 Å². The Morgan fingerprint density at radius 3 is 2.53 bits per heavy atom. The van der Waals surface area contributed by atoms with E-state index in [0.29, 0.717) is 17.2 Å². The first-order valence-electron chi connectivity index (χ1n) is 6.04. The highest BCUT2D eigenvalue weighted by atomic mass is 16.5. The molecule has 0 aliphatic rings. The maximum Gasteiger partial charge on any atom is 0.291 e. The van der Waals surface area contributed by atoms with Gasteiger partial charge in [0.05, 0.1) is 12.8 Å². The van der Waals surface area contributed by atoms with Crippen molar-refractivity contribution < 1.29 is 13.9 Å². The molecule has 1 heterocycles. The highest BCUT2D eigenvalue weighted by molar-refractivity contribution is 6.03. The SMILES string of the molecule is COc1ccc(C)cc1NC(=O)c1cc(C)c(C)o1. The van der Waals surface area contributed by atoms with Crippen LogP contribution in [-0.4, -0.2) is 13.0 Å². The monoisotopic (exact) mass is 259 g/mol. The summed E-state index contributed by atoms with van der Waals surface area (Å²) in [5, 5.41) is 2.80. The standard InChI is InChI=1S/C15H17NO3/c1-9-5-6-13(18-4)12(7-9)16-15(17)14-8-10(2)11(3)19-14/h5-8H,1-4H3,(H,16,17). The van der Waals surface area contributed by atoms with Gasteiger partial charge in [-0.3, -0.25) is 4.79 Å². The molecule has 4 nitrogen and oxygen atoms in total. The minimum Gasteiger partial charge on any atom is -0.495 e. The molecule has 2 rings (SSSR count). The molecule has 0 aliphatic heterocycles. The molecule has 1 N–H and O–H groups in total. The Morgan fingerprint density at radius 1 is 1.21 bits per heavy atom. The number of hydrogen-bond acceptors (Lipinski definition) is 3. The molecule has 0 atom stereocenters. The number of carbonyl (C=O) groups is 1. The number of amides is 1. The fourth-order valence-corrected chi connectivity index (χ4v) is 1.79. The van der Waals surface area contributed by atoms with Crippen molar-refractivity contribution in [3.63, 3.8) is 0 Å². The van der Waals surface area contributed by atoms with Gasteiger partial charge in [-0.15, -0.1) is 0 Å². The molecule has 0 spiro atoms. The van der Waals surface area contributed by atoms with E-state index in [1.165, 1.54) is 0 Å². The van der Waals surface area contributed by atoms with Crippen molar-refractivity contribution in [3.8, 4) is 5.75 Å². The number of hydrogen-bond donors (Lipinski definition) is 1. The van der Waals surface area contributed by atoms with Crippen LogP contribution in [0, 0.1) is 20.8 Å². The first-order chi connectivity index (χ1) is 9.01. The second kappa shape index (κ2) is 5.18. The van der Waals surface area contributed by atoms with Gasteiger partial charge in [0.25, 0.3) is 5.91 Å². The number of furan rings is 1. The Hall–Kier alpha value is -2.23. The van der Waals surface area contributed by atoms with Crippen LogP contribution >= 0.6 is 0 Å². The lowest BCUT2D eigenvalue weighted by atomic mass is 10.2. The summed E-state index contributed by atoms with van der Waals surface area (Å²) in [7, 11) is 1.57. The molecule has 2 aromatic rings. The third kappa shape index (κ3) is 2.78. The molecule has 4 heteroatoms. The topological polar surface area (TPSA) is 51.5 Å². The zero-order chi connectivity index (χ0) is 14.0. The van der Waals surface area contributed by atoms with Gasteiger partial charge in [0.15, 0.2) is 5.76 Å². The first-order valence-corrected chi connectivity index (χ1v) is 6.04. The molecular weight excluding hydrogens is 242 g/mol. The van der Waals surface area contributed by atoms with Gasteiger partial charge in [-0.05, 0) is 50.1 Å². The molecule has 0 saturated heterocycles. The molecule has 0 aliphatic carbocycles. The zero-order valence-electron chi connectivity index (χ0n) is 11.5. The number of carbonyl (C=O) groups excluding carboxylic acids is 1. The Kier molecular flexibility index (Phi) is 3.60. The van der Waals surface area contributed by atoms with Crippen molar-refractivity contribution in [2.24, 2.45) is 0 Å². The second-order valence-electron chi connectivity index (χ2n) is 4.51. The molecule has 1 amide bonds. The van der Waals surface area contributed by atoms with Crippen molar-refractivity contribution in [1.29, 1.82) is 0 Å². The predicted molar refractivity (Wildman–Crippen MR) is 73.9 cm³/mol. The van der Waals surface area contributed by atoms with Crippen LogP contribution in [-0.2, 0) is 0 Å². The number of anilines is 1. The molecule has 0 saturated carbocycles. The Bertz CT molecular complexity index is 594. The third-order valence-electron chi connectivity index (χ3n) is 2.99. The van der Waals surface area contributed by atoms with Crippen molar-refractivity contribution in [3.05, 3.63) is 46.9 Å². The molecule has 1 aromatic carbocycles. The van der Waals surface area contributed by atoms with Crippen molar-refractivity contribution in [1.82, 2.24) is 0 Å². The third-order valence-corrected chi connectivity index (χ3v) is 2.99. The molecule has 19 heavy (non-hydrogen) atoms. The average molecular weight is 259 g/mol. The minimum absolute atomic E-state index is 0.278. The van der Waals surface area contributed by atoms with Gasteiger partial charge < -0.3 is 14.5 Å². The zero-order valence-corrected chi connectivity index (χ0v) is 11.5. The highest BCUT2D eigenvalue weighted by Crippen LogP contribution is 2.26. The predicted octanol–water partition coefficient (Wildman–Crippen LogP) is 3.47. The number of aryl methyl sites for hydroxylation is 3. The van der Waals surface area contributed by atoms with E-state index >= 15 is 0 Å². The van der Waals surface area contributed by atoms with E-state index < -0.39 is 0 Å². The first kappa shape index (κ1) is 13.2. The van der Waals surface area contributed by atoms with Crippen LogP contribution in [0.4, 0.5) is 5.69 Å². The van der Waals surface area contributed by atoms with Gasteiger partial charge >= 0.3 is 0 Å². The van der Waals surface area contributed by atoms with Crippen molar-refractivity contribution in [2.45, 2.75) is 20.8 Å². The van der Waals surface area contributed by atoms with E-state index in [0.717, 1.165) is 16.9 Å². The Balaban J connectivity index is 2.25. The summed E-state index contributed by atoms with van der Waals surface area (Å²) in [6.45, 7) is 5.69. The second-order valence-corrected chi connectivity index (χ2v) is 4.51. The lowest BCUT2D eigenvalue weighted by Gasteiger charge is -2.09. The Labute approximate surface area is 112 Å². The van der Waals surface area contributed by atoms with Gasteiger partial charge in [-0.1, -0.05) is 6.07 Å².